The standard InChI is InChI=1S/C9H18N4OS/c1-9(2,14)6-13(4)5-7-11-12-8(10-3)15-7/h14H,5-6H2,1-4H3,(H,10,12). The fourth-order valence-corrected chi connectivity index (χ4v) is 2.14. The predicted octanol–water partition coefficient (Wildman–Crippen LogP) is 0.782. The van der Waals surface area contributed by atoms with E-state index in [0.717, 1.165) is 10.1 Å². The van der Waals surface area contributed by atoms with Gasteiger partial charge in [0.05, 0.1) is 12.1 Å². The van der Waals surface area contributed by atoms with Gasteiger partial charge >= 0.3 is 0 Å². The number of hydrogen-bond donors (Lipinski definition) is 2. The predicted molar refractivity (Wildman–Crippen MR) is 62.1 cm³/mol. The van der Waals surface area contributed by atoms with Gasteiger partial charge in [0.1, 0.15) is 5.01 Å². The Morgan fingerprint density at radius 2 is 2.13 bits per heavy atom. The van der Waals surface area contributed by atoms with Crippen LogP contribution in [0.25, 0.3) is 0 Å². The lowest BCUT2D eigenvalue weighted by Gasteiger charge is -2.24. The van der Waals surface area contributed by atoms with Crippen molar-refractivity contribution in [2.24, 2.45) is 0 Å². The van der Waals surface area contributed by atoms with E-state index in [0.29, 0.717) is 13.1 Å². The van der Waals surface area contributed by atoms with Crippen LogP contribution in [0.3, 0.4) is 0 Å². The van der Waals surface area contributed by atoms with Gasteiger partial charge in [-0.3, -0.25) is 4.90 Å². The van der Waals surface area contributed by atoms with E-state index < -0.39 is 5.60 Å². The molecular formula is C9H18N4OS. The molecule has 0 radical (unpaired) electrons. The maximum atomic E-state index is 9.63. The van der Waals surface area contributed by atoms with Gasteiger partial charge in [0, 0.05) is 13.6 Å². The van der Waals surface area contributed by atoms with Crippen LogP contribution in [0.1, 0.15) is 18.9 Å². The zero-order chi connectivity index (χ0) is 11.5. The maximum Gasteiger partial charge on any atom is 0.205 e. The number of nitrogens with one attached hydrogen (secondary N) is 1. The average Bonchev–Trinajstić information content (AvgIpc) is 2.48. The third-order valence-corrected chi connectivity index (χ3v) is 2.67. The minimum atomic E-state index is -0.675. The van der Waals surface area contributed by atoms with Crippen LogP contribution < -0.4 is 5.32 Å². The summed E-state index contributed by atoms with van der Waals surface area (Å²) in [5, 5.41) is 22.3. The Morgan fingerprint density at radius 1 is 1.47 bits per heavy atom. The zero-order valence-corrected chi connectivity index (χ0v) is 10.4. The van der Waals surface area contributed by atoms with Gasteiger partial charge < -0.3 is 10.4 Å². The first-order valence-electron chi connectivity index (χ1n) is 4.82. The van der Waals surface area contributed by atoms with Crippen molar-refractivity contribution in [1.29, 1.82) is 0 Å². The second kappa shape index (κ2) is 4.87. The molecule has 0 aliphatic carbocycles. The number of hydrogen-bond acceptors (Lipinski definition) is 6. The second-order valence-corrected chi connectivity index (χ2v) is 5.30. The number of nitrogens with zero attached hydrogens (tertiary/aromatic N) is 3. The summed E-state index contributed by atoms with van der Waals surface area (Å²) in [5.41, 5.74) is -0.675. The third kappa shape index (κ3) is 4.55. The molecule has 86 valence electrons. The first-order valence-corrected chi connectivity index (χ1v) is 5.63. The lowest BCUT2D eigenvalue weighted by atomic mass is 10.1. The monoisotopic (exact) mass is 230 g/mol. The van der Waals surface area contributed by atoms with Gasteiger partial charge in [-0.25, -0.2) is 0 Å². The SMILES string of the molecule is CNc1nnc(CN(C)CC(C)(C)O)s1. The Hall–Kier alpha value is -0.720. The molecule has 0 saturated carbocycles. The smallest absolute Gasteiger partial charge is 0.205 e. The molecule has 0 bridgehead atoms. The average molecular weight is 230 g/mol. The maximum absolute atomic E-state index is 9.63. The molecule has 2 N–H and O–H groups in total. The van der Waals surface area contributed by atoms with Crippen LogP contribution in [0.2, 0.25) is 0 Å². The first kappa shape index (κ1) is 12.4. The van der Waals surface area contributed by atoms with Gasteiger partial charge in [0.25, 0.3) is 0 Å². The molecule has 0 spiro atoms. The van der Waals surface area contributed by atoms with Crippen molar-refractivity contribution in [3.8, 4) is 0 Å². The Morgan fingerprint density at radius 3 is 2.60 bits per heavy atom. The zero-order valence-electron chi connectivity index (χ0n) is 9.61. The molecule has 1 heterocycles. The summed E-state index contributed by atoms with van der Waals surface area (Å²) in [7, 11) is 3.78. The van der Waals surface area contributed by atoms with Crippen molar-refractivity contribution in [2.75, 3.05) is 26.0 Å². The summed E-state index contributed by atoms with van der Waals surface area (Å²) < 4.78 is 0. The quantitative estimate of drug-likeness (QED) is 0.783. The molecule has 0 atom stereocenters. The van der Waals surface area contributed by atoms with Crippen LogP contribution in [0.4, 0.5) is 5.13 Å². The molecule has 0 amide bonds. The fraction of sp³-hybridized carbons (Fsp3) is 0.778. The van der Waals surface area contributed by atoms with Crippen molar-refractivity contribution in [3.63, 3.8) is 0 Å². The molecule has 1 rings (SSSR count). The fourth-order valence-electron chi connectivity index (χ4n) is 1.37. The van der Waals surface area contributed by atoms with Crippen LogP contribution in [-0.4, -0.2) is 46.4 Å². The minimum absolute atomic E-state index is 0.613. The van der Waals surface area contributed by atoms with Crippen LogP contribution in [0.15, 0.2) is 0 Å². The van der Waals surface area contributed by atoms with Crippen molar-refractivity contribution >= 4 is 16.5 Å². The van der Waals surface area contributed by atoms with Crippen molar-refractivity contribution in [3.05, 3.63) is 5.01 Å². The molecular weight excluding hydrogens is 212 g/mol. The number of likely N-dealkylation sites (N-methyl/N-ethyl adjacent to an activating group) is 1. The number of anilines is 1. The van der Waals surface area contributed by atoms with E-state index in [9.17, 15) is 5.11 Å². The van der Waals surface area contributed by atoms with E-state index in [1.54, 1.807) is 13.8 Å². The summed E-state index contributed by atoms with van der Waals surface area (Å²) in [4.78, 5) is 2.03. The Balaban J connectivity index is 2.47. The first-order chi connectivity index (χ1) is 6.90. The molecule has 0 aliphatic rings. The molecule has 1 aromatic rings. The summed E-state index contributed by atoms with van der Waals surface area (Å²) in [6.07, 6.45) is 0. The van der Waals surface area contributed by atoms with Crippen molar-refractivity contribution in [2.45, 2.75) is 26.0 Å². The highest BCUT2D eigenvalue weighted by atomic mass is 32.1. The normalized spacial score (nSPS) is 12.1. The van der Waals surface area contributed by atoms with Crippen LogP contribution >= 0.6 is 11.3 Å². The Labute approximate surface area is 94.1 Å². The van der Waals surface area contributed by atoms with E-state index in [4.69, 9.17) is 0 Å². The summed E-state index contributed by atoms with van der Waals surface area (Å²) in [5.74, 6) is 0. The lowest BCUT2D eigenvalue weighted by Crippen LogP contribution is -2.35. The Bertz CT molecular complexity index is 307. The Kier molecular flexibility index (Phi) is 4.01. The topological polar surface area (TPSA) is 61.3 Å². The van der Waals surface area contributed by atoms with Crippen LogP contribution in [0, 0.1) is 0 Å². The van der Waals surface area contributed by atoms with Crippen LogP contribution in [-0.2, 0) is 6.54 Å². The summed E-state index contributed by atoms with van der Waals surface area (Å²) >= 11 is 1.53. The number of aliphatic hydroxyl groups is 1. The van der Waals surface area contributed by atoms with Crippen molar-refractivity contribution < 1.29 is 5.11 Å². The molecule has 0 aliphatic heterocycles. The van der Waals surface area contributed by atoms with Gasteiger partial charge in [0.2, 0.25) is 5.13 Å². The number of aromatic nitrogens is 2. The van der Waals surface area contributed by atoms with Gasteiger partial charge in [-0.2, -0.15) is 0 Å². The van der Waals surface area contributed by atoms with Gasteiger partial charge in [0.15, 0.2) is 0 Å². The highest BCUT2D eigenvalue weighted by molar-refractivity contribution is 7.15. The van der Waals surface area contributed by atoms with Gasteiger partial charge in [-0.05, 0) is 20.9 Å². The largest absolute Gasteiger partial charge is 0.389 e. The van der Waals surface area contributed by atoms with E-state index in [1.165, 1.54) is 11.3 Å². The number of rotatable bonds is 5. The summed E-state index contributed by atoms with van der Waals surface area (Å²) in [6.45, 7) is 4.91. The molecule has 0 saturated heterocycles. The van der Waals surface area contributed by atoms with Crippen molar-refractivity contribution in [1.82, 2.24) is 15.1 Å². The van der Waals surface area contributed by atoms with E-state index in [1.807, 2.05) is 19.0 Å². The molecule has 0 fully saturated rings. The van der Waals surface area contributed by atoms with Crippen LogP contribution in [0.5, 0.6) is 0 Å². The molecule has 0 aromatic carbocycles. The molecule has 1 aromatic heterocycles. The van der Waals surface area contributed by atoms with E-state index in [-0.39, 0.29) is 0 Å². The minimum Gasteiger partial charge on any atom is -0.389 e. The third-order valence-electron chi connectivity index (χ3n) is 1.74. The molecule has 6 heteroatoms. The second-order valence-electron chi connectivity index (χ2n) is 4.24. The summed E-state index contributed by atoms with van der Waals surface area (Å²) in [6, 6.07) is 0. The van der Waals surface area contributed by atoms with Gasteiger partial charge in [-0.15, -0.1) is 10.2 Å². The van der Waals surface area contributed by atoms with E-state index in [2.05, 4.69) is 15.5 Å². The van der Waals surface area contributed by atoms with E-state index >= 15 is 0 Å². The molecule has 5 nitrogen and oxygen atoms in total. The molecule has 0 unspecified atom stereocenters. The van der Waals surface area contributed by atoms with Gasteiger partial charge in [-0.1, -0.05) is 11.3 Å². The molecule has 15 heavy (non-hydrogen) atoms. The highest BCUT2D eigenvalue weighted by Gasteiger charge is 2.16. The lowest BCUT2D eigenvalue weighted by molar-refractivity contribution is 0.0424. The highest BCUT2D eigenvalue weighted by Crippen LogP contribution is 2.16.